The van der Waals surface area contributed by atoms with Crippen LogP contribution in [0.15, 0.2) is 0 Å². The summed E-state index contributed by atoms with van der Waals surface area (Å²) in [5.74, 6) is 0.887. The Labute approximate surface area is 88.3 Å². The smallest absolute Gasteiger partial charge is 0.0494 e. The molecule has 1 aliphatic rings. The summed E-state index contributed by atoms with van der Waals surface area (Å²) in [4.78, 5) is 2.52. The molecule has 0 radical (unpaired) electrons. The normalized spacial score (nSPS) is 25.3. The van der Waals surface area contributed by atoms with Crippen LogP contribution in [0.25, 0.3) is 0 Å². The van der Waals surface area contributed by atoms with E-state index in [1.165, 1.54) is 32.4 Å². The summed E-state index contributed by atoms with van der Waals surface area (Å²) >= 11 is 0. The Hall–Kier alpha value is -0.0800. The van der Waals surface area contributed by atoms with Crippen LogP contribution in [0.1, 0.15) is 40.0 Å². The van der Waals surface area contributed by atoms with Crippen molar-refractivity contribution >= 4 is 0 Å². The molecule has 0 amide bonds. The maximum absolute atomic E-state index is 9.22. The van der Waals surface area contributed by atoms with Crippen molar-refractivity contribution < 1.29 is 5.11 Å². The van der Waals surface area contributed by atoms with Crippen molar-refractivity contribution in [2.24, 2.45) is 11.3 Å². The minimum Gasteiger partial charge on any atom is -0.396 e. The molecule has 1 heterocycles. The van der Waals surface area contributed by atoms with Gasteiger partial charge in [-0.2, -0.15) is 0 Å². The highest BCUT2D eigenvalue weighted by Crippen LogP contribution is 2.23. The average molecular weight is 199 g/mol. The van der Waals surface area contributed by atoms with Crippen LogP contribution in [0.2, 0.25) is 0 Å². The fourth-order valence-corrected chi connectivity index (χ4v) is 2.28. The number of nitrogens with zero attached hydrogens (tertiary/aromatic N) is 1. The molecule has 0 spiro atoms. The molecule has 2 heteroatoms. The van der Waals surface area contributed by atoms with Crippen molar-refractivity contribution in [1.82, 2.24) is 4.90 Å². The number of aliphatic hydroxyl groups excluding tert-OH is 1. The molecule has 0 aromatic rings. The number of hydrogen-bond donors (Lipinski definition) is 1. The Morgan fingerprint density at radius 3 is 2.71 bits per heavy atom. The van der Waals surface area contributed by atoms with Gasteiger partial charge in [0.15, 0.2) is 0 Å². The van der Waals surface area contributed by atoms with Crippen LogP contribution in [0.5, 0.6) is 0 Å². The summed E-state index contributed by atoms with van der Waals surface area (Å²) in [7, 11) is 0. The van der Waals surface area contributed by atoms with Gasteiger partial charge in [0.05, 0.1) is 0 Å². The topological polar surface area (TPSA) is 23.5 Å². The van der Waals surface area contributed by atoms with Crippen molar-refractivity contribution in [3.05, 3.63) is 0 Å². The third-order valence-corrected chi connectivity index (χ3v) is 3.26. The van der Waals surface area contributed by atoms with E-state index in [-0.39, 0.29) is 5.41 Å². The molecule has 1 fully saturated rings. The molecule has 1 saturated heterocycles. The van der Waals surface area contributed by atoms with Gasteiger partial charge < -0.3 is 10.0 Å². The minimum atomic E-state index is 0.0651. The lowest BCUT2D eigenvalue weighted by atomic mass is 9.90. The number of likely N-dealkylation sites (tertiary alicyclic amines) is 1. The van der Waals surface area contributed by atoms with Gasteiger partial charge >= 0.3 is 0 Å². The Bertz CT molecular complexity index is 168. The standard InChI is InChI=1S/C12H25NO/c1-4-11-6-5-7-13(8-11)9-12(2,3)10-14/h11,14H,4-10H2,1-3H3. The van der Waals surface area contributed by atoms with Gasteiger partial charge in [-0.15, -0.1) is 0 Å². The first kappa shape index (κ1) is 12.0. The summed E-state index contributed by atoms with van der Waals surface area (Å²) in [6.45, 7) is 10.4. The Morgan fingerprint density at radius 1 is 1.43 bits per heavy atom. The van der Waals surface area contributed by atoms with Gasteiger partial charge in [-0.05, 0) is 25.3 Å². The van der Waals surface area contributed by atoms with Crippen molar-refractivity contribution in [3.63, 3.8) is 0 Å². The predicted octanol–water partition coefficient (Wildman–Crippen LogP) is 2.13. The first-order valence-electron chi connectivity index (χ1n) is 5.90. The molecule has 1 N–H and O–H groups in total. The predicted molar refractivity (Wildman–Crippen MR) is 60.3 cm³/mol. The molecule has 0 bridgehead atoms. The zero-order chi connectivity index (χ0) is 10.6. The third-order valence-electron chi connectivity index (χ3n) is 3.26. The first-order chi connectivity index (χ1) is 6.57. The molecule has 0 saturated carbocycles. The highest BCUT2D eigenvalue weighted by atomic mass is 16.3. The van der Waals surface area contributed by atoms with Gasteiger partial charge in [0.1, 0.15) is 0 Å². The molecule has 0 aromatic carbocycles. The maximum atomic E-state index is 9.22. The minimum absolute atomic E-state index is 0.0651. The average Bonchev–Trinajstić information content (AvgIpc) is 2.17. The van der Waals surface area contributed by atoms with Gasteiger partial charge in [-0.3, -0.25) is 0 Å². The van der Waals surface area contributed by atoms with Crippen LogP contribution < -0.4 is 0 Å². The monoisotopic (exact) mass is 199 g/mol. The van der Waals surface area contributed by atoms with Crippen LogP contribution in [0.4, 0.5) is 0 Å². The van der Waals surface area contributed by atoms with Crippen molar-refractivity contribution in [2.75, 3.05) is 26.2 Å². The van der Waals surface area contributed by atoms with Crippen LogP contribution >= 0.6 is 0 Å². The summed E-state index contributed by atoms with van der Waals surface area (Å²) in [6, 6.07) is 0. The zero-order valence-electron chi connectivity index (χ0n) is 9.92. The van der Waals surface area contributed by atoms with Gasteiger partial charge in [0, 0.05) is 25.1 Å². The van der Waals surface area contributed by atoms with Crippen molar-refractivity contribution in [1.29, 1.82) is 0 Å². The zero-order valence-corrected chi connectivity index (χ0v) is 9.92. The quantitative estimate of drug-likeness (QED) is 0.749. The van der Waals surface area contributed by atoms with Gasteiger partial charge in [-0.1, -0.05) is 27.2 Å². The van der Waals surface area contributed by atoms with E-state index < -0.39 is 0 Å². The van der Waals surface area contributed by atoms with E-state index in [1.807, 2.05) is 0 Å². The fraction of sp³-hybridized carbons (Fsp3) is 1.00. The molecule has 14 heavy (non-hydrogen) atoms. The van der Waals surface area contributed by atoms with Crippen molar-refractivity contribution in [3.8, 4) is 0 Å². The Kier molecular flexibility index (Phi) is 4.39. The van der Waals surface area contributed by atoms with Crippen LogP contribution in [0.3, 0.4) is 0 Å². The third kappa shape index (κ3) is 3.58. The molecule has 0 aliphatic carbocycles. The summed E-state index contributed by atoms with van der Waals surface area (Å²) in [5.41, 5.74) is 0.0651. The Morgan fingerprint density at radius 2 is 2.14 bits per heavy atom. The largest absolute Gasteiger partial charge is 0.396 e. The molecular formula is C12H25NO. The van der Waals surface area contributed by atoms with E-state index in [0.29, 0.717) is 6.61 Å². The second-order valence-corrected chi connectivity index (χ2v) is 5.47. The highest BCUT2D eigenvalue weighted by Gasteiger charge is 2.24. The highest BCUT2D eigenvalue weighted by molar-refractivity contribution is 4.78. The molecule has 1 unspecified atom stereocenters. The van der Waals surface area contributed by atoms with E-state index >= 15 is 0 Å². The number of aliphatic hydroxyl groups is 1. The van der Waals surface area contributed by atoms with E-state index in [9.17, 15) is 5.11 Å². The van der Waals surface area contributed by atoms with Crippen LogP contribution in [0, 0.1) is 11.3 Å². The summed E-state index contributed by atoms with van der Waals surface area (Å²) in [6.07, 6.45) is 4.03. The van der Waals surface area contributed by atoms with Crippen molar-refractivity contribution in [2.45, 2.75) is 40.0 Å². The van der Waals surface area contributed by atoms with E-state index in [4.69, 9.17) is 0 Å². The second kappa shape index (κ2) is 5.13. The lowest BCUT2D eigenvalue weighted by Crippen LogP contribution is -2.42. The molecular weight excluding hydrogens is 174 g/mol. The molecule has 1 rings (SSSR count). The van der Waals surface area contributed by atoms with E-state index in [1.54, 1.807) is 0 Å². The number of piperidine rings is 1. The lowest BCUT2D eigenvalue weighted by Gasteiger charge is -2.37. The summed E-state index contributed by atoms with van der Waals surface area (Å²) in [5, 5.41) is 9.22. The number of hydrogen-bond acceptors (Lipinski definition) is 2. The SMILES string of the molecule is CCC1CCCN(CC(C)(C)CO)C1. The second-order valence-electron chi connectivity index (χ2n) is 5.47. The van der Waals surface area contributed by atoms with Gasteiger partial charge in [-0.25, -0.2) is 0 Å². The van der Waals surface area contributed by atoms with Crippen LogP contribution in [-0.4, -0.2) is 36.2 Å². The molecule has 2 nitrogen and oxygen atoms in total. The van der Waals surface area contributed by atoms with E-state index in [0.717, 1.165) is 12.5 Å². The summed E-state index contributed by atoms with van der Waals surface area (Å²) < 4.78 is 0. The lowest BCUT2D eigenvalue weighted by molar-refractivity contribution is 0.0760. The maximum Gasteiger partial charge on any atom is 0.0494 e. The van der Waals surface area contributed by atoms with Crippen LogP contribution in [-0.2, 0) is 0 Å². The fourth-order valence-electron chi connectivity index (χ4n) is 2.28. The molecule has 1 aliphatic heterocycles. The molecule has 84 valence electrons. The van der Waals surface area contributed by atoms with Gasteiger partial charge in [0.2, 0.25) is 0 Å². The van der Waals surface area contributed by atoms with E-state index in [2.05, 4.69) is 25.7 Å². The first-order valence-corrected chi connectivity index (χ1v) is 5.90. The Balaban J connectivity index is 2.37. The van der Waals surface area contributed by atoms with Gasteiger partial charge in [0.25, 0.3) is 0 Å². The molecule has 0 aromatic heterocycles. The molecule has 1 atom stereocenters. The number of rotatable bonds is 4.